The second-order valence-corrected chi connectivity index (χ2v) is 3.55. The van der Waals surface area contributed by atoms with Gasteiger partial charge in [0.2, 0.25) is 0 Å². The number of alkyl halides is 3. The van der Waals surface area contributed by atoms with Crippen LogP contribution < -0.4 is 0 Å². The molecule has 0 bridgehead atoms. The minimum Gasteiger partial charge on any atom is -0.206 e. The highest BCUT2D eigenvalue weighted by atomic mass is 32.1. The molecule has 0 N–H and O–H groups in total. The summed E-state index contributed by atoms with van der Waals surface area (Å²) in [5.74, 6) is -0.637. The van der Waals surface area contributed by atoms with Crippen molar-refractivity contribution in [1.29, 1.82) is 0 Å². The topological polar surface area (TPSA) is 0 Å². The van der Waals surface area contributed by atoms with Gasteiger partial charge in [-0.3, -0.25) is 0 Å². The Morgan fingerprint density at radius 3 is 2.40 bits per heavy atom. The van der Waals surface area contributed by atoms with E-state index in [-0.39, 0.29) is 12.0 Å². The maximum Gasteiger partial charge on any atom is 0.419 e. The summed E-state index contributed by atoms with van der Waals surface area (Å²) < 4.78 is 50.2. The molecule has 84 valence electrons. The van der Waals surface area contributed by atoms with Gasteiger partial charge in [0.1, 0.15) is 5.82 Å². The maximum atomic E-state index is 13.3. The van der Waals surface area contributed by atoms with Crippen molar-refractivity contribution in [2.75, 3.05) is 5.75 Å². The average Bonchev–Trinajstić information content (AvgIpc) is 2.14. The molecule has 0 saturated heterocycles. The quantitative estimate of drug-likeness (QED) is 0.602. The van der Waals surface area contributed by atoms with E-state index in [1.807, 2.05) is 0 Å². The molecule has 0 unspecified atom stereocenters. The van der Waals surface area contributed by atoms with Gasteiger partial charge in [-0.15, -0.1) is 0 Å². The Kier molecular flexibility index (Phi) is 4.02. The minimum atomic E-state index is -4.62. The smallest absolute Gasteiger partial charge is 0.206 e. The molecule has 1 aromatic rings. The van der Waals surface area contributed by atoms with E-state index in [1.54, 1.807) is 0 Å². The predicted octanol–water partition coefficient (Wildman–Crippen LogP) is 3.71. The summed E-state index contributed by atoms with van der Waals surface area (Å²) in [4.78, 5) is 0. The van der Waals surface area contributed by atoms with Crippen LogP contribution in [-0.4, -0.2) is 5.75 Å². The highest BCUT2D eigenvalue weighted by molar-refractivity contribution is 7.80. The highest BCUT2D eigenvalue weighted by Gasteiger charge is 2.34. The van der Waals surface area contributed by atoms with Crippen molar-refractivity contribution in [3.63, 3.8) is 0 Å². The number of benzene rings is 1. The second-order valence-electron chi connectivity index (χ2n) is 3.10. The molecule has 15 heavy (non-hydrogen) atoms. The summed E-state index contributed by atoms with van der Waals surface area (Å²) in [7, 11) is 0. The number of hydrogen-bond donors (Lipinski definition) is 1. The number of aryl methyl sites for hydroxylation is 1. The molecule has 0 aromatic heterocycles. The Morgan fingerprint density at radius 1 is 1.20 bits per heavy atom. The summed E-state index contributed by atoms with van der Waals surface area (Å²) >= 11 is 3.92. The first-order valence-electron chi connectivity index (χ1n) is 4.42. The third kappa shape index (κ3) is 3.12. The molecule has 0 nitrogen and oxygen atoms in total. The van der Waals surface area contributed by atoms with E-state index in [0.717, 1.165) is 6.07 Å². The molecule has 1 aromatic carbocycles. The van der Waals surface area contributed by atoms with Crippen LogP contribution in [0.1, 0.15) is 17.5 Å². The normalized spacial score (nSPS) is 11.8. The molecule has 5 heteroatoms. The van der Waals surface area contributed by atoms with Crippen molar-refractivity contribution in [3.05, 3.63) is 35.1 Å². The van der Waals surface area contributed by atoms with Crippen LogP contribution in [0.25, 0.3) is 0 Å². The van der Waals surface area contributed by atoms with Crippen LogP contribution >= 0.6 is 12.6 Å². The summed E-state index contributed by atoms with van der Waals surface area (Å²) in [5, 5.41) is 0. The van der Waals surface area contributed by atoms with Gasteiger partial charge in [-0.1, -0.05) is 12.1 Å². The standard InChI is InChI=1S/C10H10F4S/c11-9-7(4-2-6-15)3-1-5-8(9)10(12,13)14/h1,3,5,15H,2,4,6H2. The SMILES string of the molecule is Fc1c(CCCS)cccc1C(F)(F)F. The zero-order chi connectivity index (χ0) is 11.5. The van der Waals surface area contributed by atoms with E-state index < -0.39 is 17.6 Å². The second kappa shape index (κ2) is 4.88. The largest absolute Gasteiger partial charge is 0.419 e. The van der Waals surface area contributed by atoms with Gasteiger partial charge in [0.15, 0.2) is 0 Å². The Balaban J connectivity index is 3.01. The number of hydrogen-bond acceptors (Lipinski definition) is 1. The van der Waals surface area contributed by atoms with Gasteiger partial charge >= 0.3 is 6.18 Å². The number of thiol groups is 1. The van der Waals surface area contributed by atoms with Gasteiger partial charge in [-0.25, -0.2) is 4.39 Å². The van der Waals surface area contributed by atoms with Crippen molar-refractivity contribution in [1.82, 2.24) is 0 Å². The fraction of sp³-hybridized carbons (Fsp3) is 0.400. The lowest BCUT2D eigenvalue weighted by atomic mass is 10.1. The molecule has 0 spiro atoms. The molecule has 0 radical (unpaired) electrons. The minimum absolute atomic E-state index is 0.0962. The van der Waals surface area contributed by atoms with Crippen LogP contribution in [-0.2, 0) is 12.6 Å². The lowest BCUT2D eigenvalue weighted by Gasteiger charge is -2.10. The van der Waals surface area contributed by atoms with Crippen molar-refractivity contribution in [2.24, 2.45) is 0 Å². The first kappa shape index (κ1) is 12.4. The van der Waals surface area contributed by atoms with Crippen molar-refractivity contribution in [2.45, 2.75) is 19.0 Å². The molecular weight excluding hydrogens is 228 g/mol. The third-order valence-electron chi connectivity index (χ3n) is 1.99. The van der Waals surface area contributed by atoms with Gasteiger partial charge in [0, 0.05) is 0 Å². The molecule has 0 atom stereocenters. The van der Waals surface area contributed by atoms with Crippen molar-refractivity contribution >= 4 is 12.6 Å². The highest BCUT2D eigenvalue weighted by Crippen LogP contribution is 2.32. The van der Waals surface area contributed by atoms with Crippen LogP contribution in [0.15, 0.2) is 18.2 Å². The molecule has 0 fully saturated rings. The molecular formula is C10H10F4S. The monoisotopic (exact) mass is 238 g/mol. The Bertz CT molecular complexity index is 333. The Hall–Kier alpha value is -0.710. The van der Waals surface area contributed by atoms with E-state index in [0.29, 0.717) is 12.2 Å². The Morgan fingerprint density at radius 2 is 1.87 bits per heavy atom. The lowest BCUT2D eigenvalue weighted by molar-refractivity contribution is -0.140. The van der Waals surface area contributed by atoms with Gasteiger partial charge in [-0.2, -0.15) is 25.8 Å². The first-order valence-corrected chi connectivity index (χ1v) is 5.05. The predicted molar refractivity (Wildman–Crippen MR) is 53.6 cm³/mol. The zero-order valence-electron chi connectivity index (χ0n) is 7.81. The molecule has 0 amide bonds. The summed E-state index contributed by atoms with van der Waals surface area (Å²) in [6.45, 7) is 0. The van der Waals surface area contributed by atoms with Crippen LogP contribution in [0, 0.1) is 5.82 Å². The van der Waals surface area contributed by atoms with Crippen LogP contribution in [0.2, 0.25) is 0 Å². The molecule has 0 aliphatic heterocycles. The molecule has 0 aliphatic rings. The van der Waals surface area contributed by atoms with Gasteiger partial charge in [0.25, 0.3) is 0 Å². The van der Waals surface area contributed by atoms with E-state index in [1.165, 1.54) is 12.1 Å². The Labute approximate surface area is 90.7 Å². The van der Waals surface area contributed by atoms with Crippen LogP contribution in [0.5, 0.6) is 0 Å². The molecule has 0 heterocycles. The summed E-state index contributed by atoms with van der Waals surface area (Å²) in [6.07, 6.45) is -3.79. The van der Waals surface area contributed by atoms with E-state index in [2.05, 4.69) is 12.6 Å². The number of halogens is 4. The maximum absolute atomic E-state index is 13.3. The van der Waals surface area contributed by atoms with E-state index in [9.17, 15) is 17.6 Å². The number of rotatable bonds is 3. The van der Waals surface area contributed by atoms with Crippen LogP contribution in [0.3, 0.4) is 0 Å². The molecule has 0 aliphatic carbocycles. The van der Waals surface area contributed by atoms with Crippen LogP contribution in [0.4, 0.5) is 17.6 Å². The van der Waals surface area contributed by atoms with Crippen molar-refractivity contribution in [3.8, 4) is 0 Å². The third-order valence-corrected chi connectivity index (χ3v) is 2.30. The van der Waals surface area contributed by atoms with Gasteiger partial charge in [-0.05, 0) is 30.2 Å². The fourth-order valence-electron chi connectivity index (χ4n) is 1.26. The van der Waals surface area contributed by atoms with E-state index in [4.69, 9.17) is 0 Å². The lowest BCUT2D eigenvalue weighted by Crippen LogP contribution is -2.09. The molecule has 0 saturated carbocycles. The zero-order valence-corrected chi connectivity index (χ0v) is 8.71. The van der Waals surface area contributed by atoms with Gasteiger partial charge in [0.05, 0.1) is 5.56 Å². The van der Waals surface area contributed by atoms with E-state index >= 15 is 0 Å². The molecule has 1 rings (SSSR count). The van der Waals surface area contributed by atoms with Crippen molar-refractivity contribution < 1.29 is 17.6 Å². The van der Waals surface area contributed by atoms with Gasteiger partial charge < -0.3 is 0 Å². The average molecular weight is 238 g/mol. The summed E-state index contributed by atoms with van der Waals surface area (Å²) in [6, 6.07) is 3.34. The summed E-state index contributed by atoms with van der Waals surface area (Å²) in [5.41, 5.74) is -1.10. The first-order chi connectivity index (χ1) is 6.96. The fourth-order valence-corrected chi connectivity index (χ4v) is 1.42.